The topological polar surface area (TPSA) is 88.4 Å². The van der Waals surface area contributed by atoms with E-state index in [0.717, 1.165) is 10.5 Å². The van der Waals surface area contributed by atoms with Gasteiger partial charge in [0.15, 0.2) is 6.61 Å². The molecule has 2 rings (SSSR count). The van der Waals surface area contributed by atoms with Crippen LogP contribution >= 0.6 is 11.8 Å². The minimum absolute atomic E-state index is 0.0547. The number of thioether (sulfide) groups is 1. The molecule has 0 bridgehead atoms. The second-order valence-electron chi connectivity index (χ2n) is 5.18. The van der Waals surface area contributed by atoms with Crippen molar-refractivity contribution >= 4 is 29.3 Å². The summed E-state index contributed by atoms with van der Waals surface area (Å²) in [6, 6.07) is 16.3. The van der Waals surface area contributed by atoms with Crippen molar-refractivity contribution in [3.05, 3.63) is 54.1 Å². The van der Waals surface area contributed by atoms with Crippen LogP contribution in [0, 0.1) is 11.3 Å². The van der Waals surface area contributed by atoms with Crippen LogP contribution in [0.2, 0.25) is 0 Å². The minimum atomic E-state index is -0.499. The molecule has 6 nitrogen and oxygen atoms in total. The molecule has 0 saturated carbocycles. The van der Waals surface area contributed by atoms with Crippen LogP contribution in [0.15, 0.2) is 53.4 Å². The quantitative estimate of drug-likeness (QED) is 0.568. The molecule has 26 heavy (non-hydrogen) atoms. The van der Waals surface area contributed by atoms with Crippen LogP contribution in [0.1, 0.15) is 5.56 Å². The second kappa shape index (κ2) is 10.1. The van der Waals surface area contributed by atoms with E-state index >= 15 is 0 Å². The zero-order chi connectivity index (χ0) is 18.8. The molecular formula is C19H18N2O4S. The number of hydrogen-bond acceptors (Lipinski definition) is 6. The third-order valence-corrected chi connectivity index (χ3v) is 4.24. The highest BCUT2D eigenvalue weighted by Crippen LogP contribution is 2.26. The fraction of sp³-hybridized carbons (Fsp3) is 0.211. The maximum atomic E-state index is 12.0. The first-order chi connectivity index (χ1) is 12.6. The number of rotatable bonds is 8. The number of esters is 1. The Kier molecular flexibility index (Phi) is 7.52. The Bertz CT molecular complexity index is 817. The Labute approximate surface area is 156 Å². The maximum absolute atomic E-state index is 12.0. The molecule has 0 aliphatic rings. The van der Waals surface area contributed by atoms with Crippen LogP contribution in [-0.2, 0) is 20.7 Å². The molecule has 0 radical (unpaired) electrons. The summed E-state index contributed by atoms with van der Waals surface area (Å²) in [7, 11) is 1.55. The van der Waals surface area contributed by atoms with Crippen molar-refractivity contribution in [1.82, 2.24) is 0 Å². The SMILES string of the molecule is COc1cccc(CC(=O)OCC(=O)Nc2ccccc2SCC#N)c1. The van der Waals surface area contributed by atoms with Gasteiger partial charge in [0.25, 0.3) is 5.91 Å². The molecule has 0 aromatic heterocycles. The molecule has 134 valence electrons. The highest BCUT2D eigenvalue weighted by Gasteiger charge is 2.11. The Morgan fingerprint density at radius 2 is 2.00 bits per heavy atom. The molecule has 2 aromatic carbocycles. The van der Waals surface area contributed by atoms with E-state index in [-0.39, 0.29) is 18.8 Å². The third kappa shape index (κ3) is 6.15. The first kappa shape index (κ1) is 19.3. The number of nitrogens with one attached hydrogen (secondary N) is 1. The van der Waals surface area contributed by atoms with Gasteiger partial charge >= 0.3 is 5.97 Å². The van der Waals surface area contributed by atoms with Crippen LogP contribution in [0.4, 0.5) is 5.69 Å². The lowest BCUT2D eigenvalue weighted by Crippen LogP contribution is -2.22. The van der Waals surface area contributed by atoms with Gasteiger partial charge in [-0.2, -0.15) is 5.26 Å². The number of para-hydroxylation sites is 1. The molecule has 1 amide bonds. The summed E-state index contributed by atoms with van der Waals surface area (Å²) in [6.45, 7) is -0.375. The smallest absolute Gasteiger partial charge is 0.310 e. The number of ether oxygens (including phenoxy) is 2. The summed E-state index contributed by atoms with van der Waals surface area (Å²) in [5, 5.41) is 11.4. The number of nitriles is 1. The fourth-order valence-electron chi connectivity index (χ4n) is 2.14. The van der Waals surface area contributed by atoms with Crippen molar-refractivity contribution in [2.45, 2.75) is 11.3 Å². The molecular weight excluding hydrogens is 352 g/mol. The van der Waals surface area contributed by atoms with Gasteiger partial charge in [0.05, 0.1) is 31.0 Å². The van der Waals surface area contributed by atoms with E-state index in [1.54, 1.807) is 43.5 Å². The van der Waals surface area contributed by atoms with E-state index in [2.05, 4.69) is 5.32 Å². The lowest BCUT2D eigenvalue weighted by molar-refractivity contribution is -0.146. The van der Waals surface area contributed by atoms with Gasteiger partial charge in [0, 0.05) is 4.90 Å². The summed E-state index contributed by atoms with van der Waals surface area (Å²) in [4.78, 5) is 24.7. The Morgan fingerprint density at radius 3 is 2.77 bits per heavy atom. The van der Waals surface area contributed by atoms with Gasteiger partial charge in [0.1, 0.15) is 5.75 Å². The van der Waals surface area contributed by atoms with Gasteiger partial charge in [-0.15, -0.1) is 11.8 Å². The molecule has 0 heterocycles. The molecule has 0 spiro atoms. The number of anilines is 1. The highest BCUT2D eigenvalue weighted by molar-refractivity contribution is 7.99. The Hall–Kier alpha value is -2.98. The van der Waals surface area contributed by atoms with Crippen LogP contribution in [0.3, 0.4) is 0 Å². The van der Waals surface area contributed by atoms with Gasteiger partial charge in [-0.05, 0) is 29.8 Å². The second-order valence-corrected chi connectivity index (χ2v) is 6.20. The molecule has 0 saturated heterocycles. The van der Waals surface area contributed by atoms with E-state index in [0.29, 0.717) is 11.4 Å². The standard InChI is InChI=1S/C19H18N2O4S/c1-24-15-6-4-5-14(11-15)12-19(23)25-13-18(22)21-16-7-2-3-8-17(16)26-10-9-20/h2-8,11H,10,12-13H2,1H3,(H,21,22). The number of carbonyl (C=O) groups is 2. The predicted molar refractivity (Wildman–Crippen MR) is 99.1 cm³/mol. The summed E-state index contributed by atoms with van der Waals surface area (Å²) in [5.41, 5.74) is 1.33. The molecule has 0 atom stereocenters. The van der Waals surface area contributed by atoms with Crippen molar-refractivity contribution < 1.29 is 19.1 Å². The molecule has 0 aliphatic heterocycles. The van der Waals surface area contributed by atoms with E-state index in [4.69, 9.17) is 14.7 Å². The zero-order valence-electron chi connectivity index (χ0n) is 14.2. The summed E-state index contributed by atoms with van der Waals surface area (Å²) >= 11 is 1.32. The average molecular weight is 370 g/mol. The monoisotopic (exact) mass is 370 g/mol. The summed E-state index contributed by atoms with van der Waals surface area (Å²) < 4.78 is 10.1. The van der Waals surface area contributed by atoms with Crippen molar-refractivity contribution in [3.8, 4) is 11.8 Å². The number of methoxy groups -OCH3 is 1. The molecule has 0 fully saturated rings. The van der Waals surface area contributed by atoms with Crippen molar-refractivity contribution in [2.75, 3.05) is 24.8 Å². The van der Waals surface area contributed by atoms with Crippen LogP contribution in [-0.4, -0.2) is 31.3 Å². The number of hydrogen-bond donors (Lipinski definition) is 1. The fourth-order valence-corrected chi connectivity index (χ4v) is 2.81. The van der Waals surface area contributed by atoms with E-state index in [9.17, 15) is 9.59 Å². The average Bonchev–Trinajstić information content (AvgIpc) is 2.66. The zero-order valence-corrected chi connectivity index (χ0v) is 15.0. The third-order valence-electron chi connectivity index (χ3n) is 3.30. The van der Waals surface area contributed by atoms with Crippen LogP contribution < -0.4 is 10.1 Å². The molecule has 0 unspecified atom stereocenters. The first-order valence-electron chi connectivity index (χ1n) is 7.79. The summed E-state index contributed by atoms with van der Waals surface area (Å²) in [5.74, 6) is -0.00311. The largest absolute Gasteiger partial charge is 0.497 e. The Morgan fingerprint density at radius 1 is 1.19 bits per heavy atom. The van der Waals surface area contributed by atoms with Crippen molar-refractivity contribution in [3.63, 3.8) is 0 Å². The lowest BCUT2D eigenvalue weighted by atomic mass is 10.1. The number of amides is 1. The number of nitrogens with zero attached hydrogens (tertiary/aromatic N) is 1. The van der Waals surface area contributed by atoms with Gasteiger partial charge in [-0.1, -0.05) is 24.3 Å². The van der Waals surface area contributed by atoms with Crippen molar-refractivity contribution in [1.29, 1.82) is 5.26 Å². The van der Waals surface area contributed by atoms with E-state index < -0.39 is 11.9 Å². The van der Waals surface area contributed by atoms with Gasteiger partial charge in [-0.25, -0.2) is 0 Å². The van der Waals surface area contributed by atoms with Crippen LogP contribution in [0.5, 0.6) is 5.75 Å². The van der Waals surface area contributed by atoms with Crippen molar-refractivity contribution in [2.24, 2.45) is 0 Å². The van der Waals surface area contributed by atoms with Gasteiger partial charge in [0.2, 0.25) is 0 Å². The molecule has 2 aromatic rings. The van der Waals surface area contributed by atoms with Gasteiger partial charge < -0.3 is 14.8 Å². The van der Waals surface area contributed by atoms with Crippen LogP contribution in [0.25, 0.3) is 0 Å². The number of benzene rings is 2. The van der Waals surface area contributed by atoms with E-state index in [1.807, 2.05) is 18.2 Å². The molecule has 1 N–H and O–H groups in total. The normalized spacial score (nSPS) is 9.85. The number of carbonyl (C=O) groups excluding carboxylic acids is 2. The minimum Gasteiger partial charge on any atom is -0.497 e. The predicted octanol–water partition coefficient (Wildman–Crippen LogP) is 3.04. The highest BCUT2D eigenvalue weighted by atomic mass is 32.2. The molecule has 7 heteroatoms. The Balaban J connectivity index is 1.85. The first-order valence-corrected chi connectivity index (χ1v) is 8.78. The van der Waals surface area contributed by atoms with E-state index in [1.165, 1.54) is 11.8 Å². The lowest BCUT2D eigenvalue weighted by Gasteiger charge is -2.10. The van der Waals surface area contributed by atoms with Gasteiger partial charge in [-0.3, -0.25) is 9.59 Å². The molecule has 0 aliphatic carbocycles. The maximum Gasteiger partial charge on any atom is 0.310 e. The summed E-state index contributed by atoms with van der Waals surface area (Å²) in [6.07, 6.45) is 0.0547.